The molecule has 2 rings (SSSR count). The molecule has 0 radical (unpaired) electrons. The van der Waals surface area contributed by atoms with E-state index in [1.54, 1.807) is 0 Å². The molecule has 1 aliphatic carbocycles. The Morgan fingerprint density at radius 3 is 2.81 bits per heavy atom. The molecule has 0 spiro atoms. The third kappa shape index (κ3) is 6.06. The summed E-state index contributed by atoms with van der Waals surface area (Å²) in [5.41, 5.74) is 2.41. The lowest BCUT2D eigenvalue weighted by Gasteiger charge is -2.30. The van der Waals surface area contributed by atoms with Crippen LogP contribution in [-0.4, -0.2) is 24.9 Å². The van der Waals surface area contributed by atoms with Crippen LogP contribution >= 0.6 is 0 Å². The quantitative estimate of drug-likeness (QED) is 0.888. The summed E-state index contributed by atoms with van der Waals surface area (Å²) < 4.78 is 41.5. The molecule has 21 heavy (non-hydrogen) atoms. The number of hydrogen-bond donors (Lipinski definition) is 1. The number of rotatable bonds is 5. The Morgan fingerprint density at radius 2 is 2.10 bits per heavy atom. The molecule has 0 amide bonds. The molecule has 1 aromatic rings. The molecule has 1 saturated carbocycles. The molecule has 0 aliphatic heterocycles. The fourth-order valence-corrected chi connectivity index (χ4v) is 2.78. The van der Waals surface area contributed by atoms with E-state index in [0.29, 0.717) is 6.42 Å². The van der Waals surface area contributed by atoms with Gasteiger partial charge in [0.15, 0.2) is 0 Å². The Bertz CT molecular complexity index is 447. The van der Waals surface area contributed by atoms with Gasteiger partial charge >= 0.3 is 6.18 Å². The summed E-state index contributed by atoms with van der Waals surface area (Å²) in [6, 6.07) is 8.47. The molecule has 2 nitrogen and oxygen atoms in total. The van der Waals surface area contributed by atoms with Crippen molar-refractivity contribution < 1.29 is 17.9 Å². The Balaban J connectivity index is 1.76. The average molecular weight is 301 g/mol. The number of hydrogen-bond acceptors (Lipinski definition) is 2. The fourth-order valence-electron chi connectivity index (χ4n) is 2.78. The van der Waals surface area contributed by atoms with Crippen molar-refractivity contribution >= 4 is 0 Å². The highest BCUT2D eigenvalue weighted by Gasteiger charge is 2.31. The van der Waals surface area contributed by atoms with Crippen LogP contribution in [0, 0.1) is 6.92 Å². The highest BCUT2D eigenvalue weighted by Crippen LogP contribution is 2.24. The number of alkyl halides is 3. The first-order valence-corrected chi connectivity index (χ1v) is 7.40. The van der Waals surface area contributed by atoms with E-state index in [-0.39, 0.29) is 12.1 Å². The topological polar surface area (TPSA) is 21.3 Å². The van der Waals surface area contributed by atoms with Crippen LogP contribution in [0.25, 0.3) is 0 Å². The third-order valence-electron chi connectivity index (χ3n) is 3.79. The average Bonchev–Trinajstić information content (AvgIpc) is 2.43. The first-order chi connectivity index (χ1) is 9.92. The van der Waals surface area contributed by atoms with Gasteiger partial charge in [-0.25, -0.2) is 0 Å². The summed E-state index contributed by atoms with van der Waals surface area (Å²) >= 11 is 0. The summed E-state index contributed by atoms with van der Waals surface area (Å²) in [5, 5.41) is 3.43. The number of benzene rings is 1. The van der Waals surface area contributed by atoms with Crippen molar-refractivity contribution in [2.24, 2.45) is 0 Å². The van der Waals surface area contributed by atoms with Crippen LogP contribution in [0.15, 0.2) is 24.3 Å². The minimum atomic E-state index is -4.23. The molecule has 1 aliphatic rings. The van der Waals surface area contributed by atoms with E-state index in [1.165, 1.54) is 11.1 Å². The zero-order valence-corrected chi connectivity index (χ0v) is 12.2. The summed E-state index contributed by atoms with van der Waals surface area (Å²) in [6.45, 7) is 1.66. The first-order valence-electron chi connectivity index (χ1n) is 7.40. The van der Waals surface area contributed by atoms with Crippen LogP contribution in [-0.2, 0) is 11.3 Å². The van der Waals surface area contributed by atoms with Gasteiger partial charge in [0.1, 0.15) is 6.61 Å². The molecule has 0 aromatic heterocycles. The monoisotopic (exact) mass is 301 g/mol. The Hall–Kier alpha value is -1.07. The molecule has 0 bridgehead atoms. The maximum Gasteiger partial charge on any atom is 0.411 e. The van der Waals surface area contributed by atoms with Crippen LogP contribution in [0.1, 0.15) is 36.8 Å². The number of ether oxygens (including phenoxy) is 1. The van der Waals surface area contributed by atoms with Crippen molar-refractivity contribution in [2.45, 2.75) is 57.5 Å². The van der Waals surface area contributed by atoms with Gasteiger partial charge in [0, 0.05) is 12.6 Å². The molecule has 1 N–H and O–H groups in total. The second kappa shape index (κ2) is 7.27. The summed E-state index contributed by atoms with van der Waals surface area (Å²) in [7, 11) is 0. The maximum absolute atomic E-state index is 12.2. The number of aryl methyl sites for hydroxylation is 1. The minimum absolute atomic E-state index is 0.234. The van der Waals surface area contributed by atoms with Crippen molar-refractivity contribution in [3.63, 3.8) is 0 Å². The Labute approximate surface area is 123 Å². The predicted molar refractivity (Wildman–Crippen MR) is 76.1 cm³/mol. The number of nitrogens with one attached hydrogen (secondary N) is 1. The lowest BCUT2D eigenvalue weighted by atomic mass is 9.92. The van der Waals surface area contributed by atoms with E-state index in [0.717, 1.165) is 25.8 Å². The molecule has 2 unspecified atom stereocenters. The van der Waals surface area contributed by atoms with Gasteiger partial charge in [-0.3, -0.25) is 0 Å². The zero-order valence-electron chi connectivity index (χ0n) is 12.2. The van der Waals surface area contributed by atoms with Crippen molar-refractivity contribution in [2.75, 3.05) is 6.61 Å². The molecule has 0 heterocycles. The van der Waals surface area contributed by atoms with Crippen LogP contribution in [0.3, 0.4) is 0 Å². The highest BCUT2D eigenvalue weighted by molar-refractivity contribution is 5.22. The summed E-state index contributed by atoms with van der Waals surface area (Å²) in [4.78, 5) is 0. The third-order valence-corrected chi connectivity index (χ3v) is 3.79. The molecule has 1 aromatic carbocycles. The molecular formula is C16H22F3NO. The zero-order chi connectivity index (χ0) is 15.3. The van der Waals surface area contributed by atoms with E-state index in [1.807, 2.05) is 19.1 Å². The smallest absolute Gasteiger partial charge is 0.369 e. The molecule has 5 heteroatoms. The van der Waals surface area contributed by atoms with Gasteiger partial charge < -0.3 is 10.1 Å². The van der Waals surface area contributed by atoms with Crippen LogP contribution < -0.4 is 5.32 Å². The van der Waals surface area contributed by atoms with Crippen molar-refractivity contribution in [1.29, 1.82) is 0 Å². The lowest BCUT2D eigenvalue weighted by molar-refractivity contribution is -0.188. The van der Waals surface area contributed by atoms with Gasteiger partial charge in [-0.2, -0.15) is 13.2 Å². The van der Waals surface area contributed by atoms with E-state index < -0.39 is 12.8 Å². The van der Waals surface area contributed by atoms with Crippen molar-refractivity contribution in [3.05, 3.63) is 35.4 Å². The highest BCUT2D eigenvalue weighted by atomic mass is 19.4. The second-order valence-corrected chi connectivity index (χ2v) is 5.78. The second-order valence-electron chi connectivity index (χ2n) is 5.78. The lowest BCUT2D eigenvalue weighted by Crippen LogP contribution is -2.37. The van der Waals surface area contributed by atoms with Crippen LogP contribution in [0.2, 0.25) is 0 Å². The van der Waals surface area contributed by atoms with Crippen molar-refractivity contribution in [3.8, 4) is 0 Å². The normalized spacial score (nSPS) is 23.2. The predicted octanol–water partition coefficient (Wildman–Crippen LogP) is 3.97. The fraction of sp³-hybridized carbons (Fsp3) is 0.625. The van der Waals surface area contributed by atoms with Gasteiger partial charge in [0.2, 0.25) is 0 Å². The molecule has 1 fully saturated rings. The molecular weight excluding hydrogens is 279 g/mol. The van der Waals surface area contributed by atoms with E-state index in [2.05, 4.69) is 17.4 Å². The summed E-state index contributed by atoms with van der Waals surface area (Å²) in [5.74, 6) is 0. The minimum Gasteiger partial charge on any atom is -0.369 e. The largest absolute Gasteiger partial charge is 0.411 e. The first kappa shape index (κ1) is 16.3. The number of halogens is 3. The van der Waals surface area contributed by atoms with Gasteiger partial charge in [-0.05, 0) is 38.2 Å². The van der Waals surface area contributed by atoms with E-state index in [9.17, 15) is 13.2 Å². The van der Waals surface area contributed by atoms with Crippen LogP contribution in [0.5, 0.6) is 0 Å². The van der Waals surface area contributed by atoms with E-state index in [4.69, 9.17) is 4.74 Å². The van der Waals surface area contributed by atoms with Crippen molar-refractivity contribution in [1.82, 2.24) is 5.32 Å². The van der Waals surface area contributed by atoms with Gasteiger partial charge in [0.25, 0.3) is 0 Å². The Morgan fingerprint density at radius 1 is 1.29 bits per heavy atom. The van der Waals surface area contributed by atoms with E-state index >= 15 is 0 Å². The summed E-state index contributed by atoms with van der Waals surface area (Å²) in [6.07, 6.45) is -1.23. The standard InChI is InChI=1S/C16H22F3NO/c1-12-4-2-5-13(8-12)10-20-14-6-3-7-15(9-14)21-11-16(17,18)19/h2,4-5,8,14-15,20H,3,6-7,9-11H2,1H3. The van der Waals surface area contributed by atoms with Gasteiger partial charge in [0.05, 0.1) is 6.10 Å². The molecule has 0 saturated heterocycles. The van der Waals surface area contributed by atoms with Crippen LogP contribution in [0.4, 0.5) is 13.2 Å². The SMILES string of the molecule is Cc1cccc(CNC2CCCC(OCC(F)(F)F)C2)c1. The Kier molecular flexibility index (Phi) is 5.65. The maximum atomic E-state index is 12.2. The van der Waals surface area contributed by atoms with Gasteiger partial charge in [-0.15, -0.1) is 0 Å². The van der Waals surface area contributed by atoms with Gasteiger partial charge in [-0.1, -0.05) is 29.8 Å². The molecule has 118 valence electrons. The molecule has 2 atom stereocenters.